The number of ether oxygens (including phenoxy) is 3. The molecule has 12 heteroatoms. The zero-order chi connectivity index (χ0) is 52.7. The first-order chi connectivity index (χ1) is 35.2. The van der Waals surface area contributed by atoms with E-state index in [0.717, 1.165) is 83.5 Å². The number of esters is 3. The number of hydrogen-bond acceptors (Lipinski definition) is 10. The van der Waals surface area contributed by atoms with Crippen LogP contribution in [-0.4, -0.2) is 66.5 Å². The van der Waals surface area contributed by atoms with Crippen LogP contribution in [0.4, 0.5) is 0 Å². The maximum atomic E-state index is 12.9. The largest absolute Gasteiger partial charge is 0.472 e. The van der Waals surface area contributed by atoms with Crippen molar-refractivity contribution in [2.75, 3.05) is 26.4 Å². The van der Waals surface area contributed by atoms with Crippen LogP contribution in [0.25, 0.3) is 0 Å². The summed E-state index contributed by atoms with van der Waals surface area (Å²) in [6.07, 6.45) is 59.2. The molecule has 3 unspecified atom stereocenters. The zero-order valence-corrected chi connectivity index (χ0v) is 47.0. The molecule has 0 bridgehead atoms. The summed E-state index contributed by atoms with van der Waals surface area (Å²) >= 11 is 0. The predicted octanol–water partition coefficient (Wildman–Crippen LogP) is 17.1. The standard InChI is InChI=1S/C60H107O11P/c1-4-7-10-13-16-19-22-25-26-27-28-29-30-33-36-39-42-45-48-51-60(64)71-57(53-67-58(62)49-46-43-40-37-34-31-23-20-17-14-11-8-5-2)55-69-72(65,66)68-54-56(52-61)70-59(63)50-47-44-41-38-35-32-24-21-18-15-12-9-6-3/h8,11,17,20-21,24,31,34,40,43,56-57,61H,4-7,9-10,12-16,18-19,22-23,25-30,32-33,35-39,41-42,44-55H2,1-3H3,(H,65,66)/b11-8-,20-17-,24-21-,34-31-,43-40-. The molecule has 0 aliphatic rings. The maximum absolute atomic E-state index is 12.9. The van der Waals surface area contributed by atoms with E-state index in [-0.39, 0.29) is 25.9 Å². The number of allylic oxidation sites excluding steroid dienone is 10. The lowest BCUT2D eigenvalue weighted by molar-refractivity contribution is -0.161. The van der Waals surface area contributed by atoms with Gasteiger partial charge in [0.05, 0.1) is 19.8 Å². The van der Waals surface area contributed by atoms with Crippen LogP contribution in [0.3, 0.4) is 0 Å². The first-order valence-corrected chi connectivity index (χ1v) is 30.7. The molecule has 3 atom stereocenters. The number of aliphatic hydroxyl groups excluding tert-OH is 1. The molecule has 0 aromatic rings. The molecule has 0 aromatic heterocycles. The number of unbranched alkanes of at least 4 members (excludes halogenated alkanes) is 27. The van der Waals surface area contributed by atoms with E-state index in [4.69, 9.17) is 23.3 Å². The van der Waals surface area contributed by atoms with Crippen LogP contribution in [0.1, 0.15) is 265 Å². The molecule has 11 nitrogen and oxygen atoms in total. The van der Waals surface area contributed by atoms with Crippen LogP contribution >= 0.6 is 7.82 Å². The highest BCUT2D eigenvalue weighted by molar-refractivity contribution is 7.47. The summed E-state index contributed by atoms with van der Waals surface area (Å²) < 4.78 is 39.4. The van der Waals surface area contributed by atoms with Gasteiger partial charge in [-0.05, 0) is 70.6 Å². The average molecular weight is 1040 g/mol. The van der Waals surface area contributed by atoms with E-state index in [1.807, 2.05) is 12.2 Å². The van der Waals surface area contributed by atoms with Crippen LogP contribution in [0.5, 0.6) is 0 Å². The number of phosphoric acid groups is 1. The van der Waals surface area contributed by atoms with Gasteiger partial charge >= 0.3 is 25.7 Å². The Balaban J connectivity index is 4.74. The van der Waals surface area contributed by atoms with E-state index in [9.17, 15) is 28.9 Å². The summed E-state index contributed by atoms with van der Waals surface area (Å²) in [6.45, 7) is 4.45. The first kappa shape index (κ1) is 69.2. The van der Waals surface area contributed by atoms with Crippen LogP contribution in [-0.2, 0) is 42.2 Å². The average Bonchev–Trinajstić information content (AvgIpc) is 3.37. The van der Waals surface area contributed by atoms with E-state index in [1.165, 1.54) is 122 Å². The molecule has 0 aliphatic carbocycles. The van der Waals surface area contributed by atoms with Gasteiger partial charge in [0.15, 0.2) is 6.10 Å². The summed E-state index contributed by atoms with van der Waals surface area (Å²) in [5, 5.41) is 9.80. The van der Waals surface area contributed by atoms with Gasteiger partial charge in [-0.1, -0.05) is 236 Å². The van der Waals surface area contributed by atoms with Crippen LogP contribution in [0, 0.1) is 0 Å². The molecule has 0 aliphatic heterocycles. The Morgan fingerprint density at radius 2 is 0.750 bits per heavy atom. The molecule has 0 amide bonds. The van der Waals surface area contributed by atoms with Crippen molar-refractivity contribution >= 4 is 25.7 Å². The lowest BCUT2D eigenvalue weighted by atomic mass is 10.0. The molecule has 0 saturated carbocycles. The number of hydrogen-bond donors (Lipinski definition) is 2. The molecule has 0 fully saturated rings. The minimum atomic E-state index is -4.76. The van der Waals surface area contributed by atoms with E-state index in [0.29, 0.717) is 19.3 Å². The van der Waals surface area contributed by atoms with Crippen molar-refractivity contribution in [1.82, 2.24) is 0 Å². The number of phosphoric ester groups is 1. The van der Waals surface area contributed by atoms with Crippen molar-refractivity contribution in [2.24, 2.45) is 0 Å². The van der Waals surface area contributed by atoms with E-state index < -0.39 is 57.8 Å². The number of aliphatic hydroxyl groups is 1. The quantitative estimate of drug-likeness (QED) is 0.0197. The third-order valence-corrected chi connectivity index (χ3v) is 13.4. The van der Waals surface area contributed by atoms with Crippen LogP contribution < -0.4 is 0 Å². The van der Waals surface area contributed by atoms with Crippen molar-refractivity contribution in [1.29, 1.82) is 0 Å². The Bertz CT molecular complexity index is 1440. The van der Waals surface area contributed by atoms with Gasteiger partial charge in [-0.15, -0.1) is 0 Å². The second kappa shape index (κ2) is 54.4. The minimum Gasteiger partial charge on any atom is -0.462 e. The monoisotopic (exact) mass is 1030 g/mol. The molecule has 2 N–H and O–H groups in total. The van der Waals surface area contributed by atoms with E-state index in [2.05, 4.69) is 69.4 Å². The molecule has 0 radical (unpaired) electrons. The van der Waals surface area contributed by atoms with Gasteiger partial charge in [-0.3, -0.25) is 23.4 Å². The maximum Gasteiger partial charge on any atom is 0.472 e. The van der Waals surface area contributed by atoms with Crippen molar-refractivity contribution < 1.29 is 52.2 Å². The van der Waals surface area contributed by atoms with Crippen molar-refractivity contribution in [3.8, 4) is 0 Å². The van der Waals surface area contributed by atoms with Gasteiger partial charge in [0.25, 0.3) is 0 Å². The van der Waals surface area contributed by atoms with Gasteiger partial charge in [0, 0.05) is 19.3 Å². The normalized spacial score (nSPS) is 13.8. The smallest absolute Gasteiger partial charge is 0.462 e. The summed E-state index contributed by atoms with van der Waals surface area (Å²) in [5.41, 5.74) is 0. The second-order valence-corrected chi connectivity index (χ2v) is 20.9. The van der Waals surface area contributed by atoms with Crippen LogP contribution in [0.15, 0.2) is 60.8 Å². The van der Waals surface area contributed by atoms with Gasteiger partial charge < -0.3 is 24.2 Å². The van der Waals surface area contributed by atoms with Gasteiger partial charge in [-0.2, -0.15) is 0 Å². The van der Waals surface area contributed by atoms with Gasteiger partial charge in [0.1, 0.15) is 12.7 Å². The fraction of sp³-hybridized carbons (Fsp3) is 0.783. The highest BCUT2D eigenvalue weighted by atomic mass is 31.2. The third kappa shape index (κ3) is 52.1. The minimum absolute atomic E-state index is 0.106. The van der Waals surface area contributed by atoms with Crippen molar-refractivity contribution in [2.45, 2.75) is 277 Å². The summed E-state index contributed by atoms with van der Waals surface area (Å²) in [4.78, 5) is 48.5. The molecule has 0 saturated heterocycles. The molecular weight excluding hydrogens is 928 g/mol. The SMILES string of the molecule is CC/C=C\C/C=C\C/C=C\C/C=C\CCC(=O)OCC(COP(=O)(O)OCC(CO)OC(=O)CCCCCCC/C=C\CCCCCC)OC(=O)CCCCCCCCCCCCCCCCCCCCC. The third-order valence-electron chi connectivity index (χ3n) is 12.4. The molecule has 0 heterocycles. The fourth-order valence-electron chi connectivity index (χ4n) is 8.01. The highest BCUT2D eigenvalue weighted by Gasteiger charge is 2.28. The zero-order valence-electron chi connectivity index (χ0n) is 46.1. The Kier molecular flexibility index (Phi) is 52.3. The van der Waals surface area contributed by atoms with Gasteiger partial charge in [0.2, 0.25) is 0 Å². The lowest BCUT2D eigenvalue weighted by Crippen LogP contribution is -2.30. The molecule has 0 spiro atoms. The Hall–Kier alpha value is -2.82. The molecular formula is C60H107O11P. The van der Waals surface area contributed by atoms with E-state index >= 15 is 0 Å². The van der Waals surface area contributed by atoms with Gasteiger partial charge in [-0.25, -0.2) is 4.57 Å². The molecule has 0 rings (SSSR count). The van der Waals surface area contributed by atoms with Crippen LogP contribution in [0.2, 0.25) is 0 Å². The van der Waals surface area contributed by atoms with E-state index in [1.54, 1.807) is 0 Å². The number of carbonyl (C=O) groups excluding carboxylic acids is 3. The number of rotatable bonds is 54. The fourth-order valence-corrected chi connectivity index (χ4v) is 8.80. The first-order valence-electron chi connectivity index (χ1n) is 29.2. The van der Waals surface area contributed by atoms with Crippen molar-refractivity contribution in [3.63, 3.8) is 0 Å². The summed E-state index contributed by atoms with van der Waals surface area (Å²) in [7, 11) is -4.76. The lowest BCUT2D eigenvalue weighted by Gasteiger charge is -2.21. The Labute approximate surface area is 440 Å². The molecule has 418 valence electrons. The topological polar surface area (TPSA) is 155 Å². The molecule has 0 aromatic carbocycles. The molecule has 72 heavy (non-hydrogen) atoms. The Morgan fingerprint density at radius 3 is 1.18 bits per heavy atom. The second-order valence-electron chi connectivity index (χ2n) is 19.4. The predicted molar refractivity (Wildman–Crippen MR) is 298 cm³/mol. The van der Waals surface area contributed by atoms with Crippen molar-refractivity contribution in [3.05, 3.63) is 60.8 Å². The number of carbonyl (C=O) groups is 3. The highest BCUT2D eigenvalue weighted by Crippen LogP contribution is 2.43. The summed E-state index contributed by atoms with van der Waals surface area (Å²) in [6, 6.07) is 0. The Morgan fingerprint density at radius 1 is 0.403 bits per heavy atom. The summed E-state index contributed by atoms with van der Waals surface area (Å²) in [5.74, 6) is -1.56.